The molecule has 0 amide bonds. The molecule has 0 spiro atoms. The lowest BCUT2D eigenvalue weighted by Crippen LogP contribution is -1.98. The van der Waals surface area contributed by atoms with E-state index in [0.29, 0.717) is 11.4 Å². The lowest BCUT2D eigenvalue weighted by Gasteiger charge is -2.10. The van der Waals surface area contributed by atoms with E-state index in [1.54, 1.807) is 19.9 Å². The van der Waals surface area contributed by atoms with Crippen molar-refractivity contribution < 1.29 is 9.13 Å². The summed E-state index contributed by atoms with van der Waals surface area (Å²) in [5.74, 6) is 0.0300. The number of ether oxygens (including phenoxy) is 1. The molecule has 0 unspecified atom stereocenters. The number of nitrogens with zero attached hydrogens (tertiary/aromatic N) is 2. The minimum absolute atomic E-state index is 0.000216. The Kier molecular flexibility index (Phi) is 3.68. The van der Waals surface area contributed by atoms with E-state index >= 15 is 0 Å². The summed E-state index contributed by atoms with van der Waals surface area (Å²) in [4.78, 5) is 8.04. The summed E-state index contributed by atoms with van der Waals surface area (Å²) in [6, 6.07) is 4.49. The molecule has 0 N–H and O–H groups in total. The third kappa shape index (κ3) is 2.54. The molecule has 0 saturated carbocycles. The maximum Gasteiger partial charge on any atom is 0.227 e. The summed E-state index contributed by atoms with van der Waals surface area (Å²) >= 11 is 11.6. The number of hydrogen-bond acceptors (Lipinski definition) is 3. The molecule has 2 rings (SSSR count). The van der Waals surface area contributed by atoms with Gasteiger partial charge in [-0.2, -0.15) is 4.98 Å². The third-order valence-corrected chi connectivity index (χ3v) is 2.94. The molecule has 0 fully saturated rings. The predicted molar refractivity (Wildman–Crippen MR) is 68.0 cm³/mol. The molecule has 6 heteroatoms. The maximum atomic E-state index is 13.7. The van der Waals surface area contributed by atoms with E-state index in [1.807, 2.05) is 0 Å². The summed E-state index contributed by atoms with van der Waals surface area (Å²) in [5, 5.41) is 0.266. The molecule has 0 aliphatic carbocycles. The number of aryl methyl sites for hydroxylation is 1. The van der Waals surface area contributed by atoms with Crippen LogP contribution < -0.4 is 4.74 Å². The minimum atomic E-state index is -0.633. The topological polar surface area (TPSA) is 35.0 Å². The van der Waals surface area contributed by atoms with Crippen LogP contribution in [0.4, 0.5) is 4.39 Å². The fourth-order valence-corrected chi connectivity index (χ4v) is 1.71. The first kappa shape index (κ1) is 13.1. The molecule has 18 heavy (non-hydrogen) atoms. The van der Waals surface area contributed by atoms with Crippen LogP contribution in [-0.2, 0) is 0 Å². The smallest absolute Gasteiger partial charge is 0.227 e. The van der Waals surface area contributed by atoms with Crippen LogP contribution in [0.5, 0.6) is 11.6 Å². The average Bonchev–Trinajstić information content (AvgIpc) is 2.31. The first-order chi connectivity index (χ1) is 8.49. The number of hydrogen-bond donors (Lipinski definition) is 0. The highest BCUT2D eigenvalue weighted by molar-refractivity contribution is 6.31. The zero-order valence-electron chi connectivity index (χ0n) is 9.67. The highest BCUT2D eigenvalue weighted by atomic mass is 35.5. The van der Waals surface area contributed by atoms with E-state index in [1.165, 1.54) is 12.1 Å². The van der Waals surface area contributed by atoms with Crippen LogP contribution in [0.2, 0.25) is 10.2 Å². The van der Waals surface area contributed by atoms with Gasteiger partial charge < -0.3 is 4.74 Å². The van der Waals surface area contributed by atoms with Crippen LogP contribution in [0, 0.1) is 19.7 Å². The van der Waals surface area contributed by atoms with Crippen molar-refractivity contribution in [2.24, 2.45) is 0 Å². The van der Waals surface area contributed by atoms with Gasteiger partial charge in [0, 0.05) is 5.56 Å². The molecule has 0 radical (unpaired) electrons. The van der Waals surface area contributed by atoms with Crippen molar-refractivity contribution in [1.29, 1.82) is 0 Å². The van der Waals surface area contributed by atoms with E-state index in [2.05, 4.69) is 9.97 Å². The molecule has 0 bridgehead atoms. The number of benzene rings is 1. The van der Waals surface area contributed by atoms with Crippen molar-refractivity contribution in [3.63, 3.8) is 0 Å². The van der Waals surface area contributed by atoms with Gasteiger partial charge in [-0.15, -0.1) is 0 Å². The van der Waals surface area contributed by atoms with Gasteiger partial charge >= 0.3 is 0 Å². The summed E-state index contributed by atoms with van der Waals surface area (Å²) in [6.07, 6.45) is 0. The van der Waals surface area contributed by atoms with Crippen LogP contribution in [-0.4, -0.2) is 9.97 Å². The van der Waals surface area contributed by atoms with Crippen molar-refractivity contribution in [2.75, 3.05) is 0 Å². The van der Waals surface area contributed by atoms with Gasteiger partial charge in [0.1, 0.15) is 11.0 Å². The lowest BCUT2D eigenvalue weighted by atomic mass is 10.3. The monoisotopic (exact) mass is 286 g/mol. The molecule has 94 valence electrons. The van der Waals surface area contributed by atoms with Gasteiger partial charge in [-0.1, -0.05) is 29.3 Å². The zero-order valence-corrected chi connectivity index (χ0v) is 11.2. The summed E-state index contributed by atoms with van der Waals surface area (Å²) < 4.78 is 19.1. The SMILES string of the molecule is Cc1nc(Cl)c(C)c(Oc2cccc(Cl)c2F)n1. The van der Waals surface area contributed by atoms with E-state index in [0.717, 1.165) is 0 Å². The molecule has 1 aromatic carbocycles. The fourth-order valence-electron chi connectivity index (χ4n) is 1.34. The van der Waals surface area contributed by atoms with Crippen molar-refractivity contribution in [3.8, 4) is 11.6 Å². The van der Waals surface area contributed by atoms with Crippen molar-refractivity contribution in [2.45, 2.75) is 13.8 Å². The molecule has 2 aromatic rings. The Hall–Kier alpha value is -1.39. The third-order valence-electron chi connectivity index (χ3n) is 2.28. The second kappa shape index (κ2) is 5.08. The summed E-state index contributed by atoms with van der Waals surface area (Å²) in [6.45, 7) is 3.37. The molecular formula is C12H9Cl2FN2O. The van der Waals surface area contributed by atoms with Crippen LogP contribution in [0.25, 0.3) is 0 Å². The van der Waals surface area contributed by atoms with Gasteiger partial charge in [-0.3, -0.25) is 0 Å². The van der Waals surface area contributed by atoms with Gasteiger partial charge in [0.2, 0.25) is 5.88 Å². The van der Waals surface area contributed by atoms with E-state index in [-0.39, 0.29) is 21.8 Å². The van der Waals surface area contributed by atoms with Gasteiger partial charge in [0.15, 0.2) is 11.6 Å². The summed E-state index contributed by atoms with van der Waals surface area (Å²) in [7, 11) is 0. The van der Waals surface area contributed by atoms with Crippen LogP contribution in [0.1, 0.15) is 11.4 Å². The average molecular weight is 287 g/mol. The standard InChI is InChI=1S/C12H9Cl2FN2O/c1-6-11(14)16-7(2)17-12(6)18-9-5-3-4-8(13)10(9)15/h3-5H,1-2H3. The van der Waals surface area contributed by atoms with Gasteiger partial charge in [-0.05, 0) is 26.0 Å². The molecule has 0 aliphatic heterocycles. The normalized spacial score (nSPS) is 10.5. The van der Waals surface area contributed by atoms with Crippen LogP contribution >= 0.6 is 23.2 Å². The Morgan fingerprint density at radius 3 is 2.61 bits per heavy atom. The first-order valence-electron chi connectivity index (χ1n) is 5.11. The lowest BCUT2D eigenvalue weighted by molar-refractivity contribution is 0.422. The van der Waals surface area contributed by atoms with E-state index in [9.17, 15) is 4.39 Å². The fraction of sp³-hybridized carbons (Fsp3) is 0.167. The van der Waals surface area contributed by atoms with Crippen LogP contribution in [0.15, 0.2) is 18.2 Å². The maximum absolute atomic E-state index is 13.7. The highest BCUT2D eigenvalue weighted by Crippen LogP contribution is 2.31. The Morgan fingerprint density at radius 1 is 1.17 bits per heavy atom. The van der Waals surface area contributed by atoms with Crippen LogP contribution in [0.3, 0.4) is 0 Å². The Morgan fingerprint density at radius 2 is 1.89 bits per heavy atom. The quantitative estimate of drug-likeness (QED) is 0.771. The van der Waals surface area contributed by atoms with Gasteiger partial charge in [0.25, 0.3) is 0 Å². The molecular weight excluding hydrogens is 278 g/mol. The van der Waals surface area contributed by atoms with E-state index < -0.39 is 5.82 Å². The first-order valence-corrected chi connectivity index (χ1v) is 5.87. The second-order valence-corrected chi connectivity index (χ2v) is 4.41. The molecule has 1 aromatic heterocycles. The molecule has 0 aliphatic rings. The second-order valence-electron chi connectivity index (χ2n) is 3.65. The molecule has 1 heterocycles. The van der Waals surface area contributed by atoms with Crippen molar-refractivity contribution in [3.05, 3.63) is 45.6 Å². The molecule has 3 nitrogen and oxygen atoms in total. The largest absolute Gasteiger partial charge is 0.435 e. The summed E-state index contributed by atoms with van der Waals surface area (Å²) in [5.41, 5.74) is 0.543. The number of rotatable bonds is 2. The van der Waals surface area contributed by atoms with Gasteiger partial charge in [-0.25, -0.2) is 9.37 Å². The highest BCUT2D eigenvalue weighted by Gasteiger charge is 2.13. The zero-order chi connectivity index (χ0) is 13.3. The Bertz CT molecular complexity index is 605. The Balaban J connectivity index is 2.43. The number of aromatic nitrogens is 2. The van der Waals surface area contributed by atoms with Crippen molar-refractivity contribution >= 4 is 23.2 Å². The van der Waals surface area contributed by atoms with Crippen molar-refractivity contribution in [1.82, 2.24) is 9.97 Å². The predicted octanol–water partition coefficient (Wildman–Crippen LogP) is 4.33. The molecule has 0 atom stereocenters. The number of halogens is 3. The minimum Gasteiger partial charge on any atom is -0.435 e. The Labute approximate surface area is 114 Å². The van der Waals surface area contributed by atoms with Gasteiger partial charge in [0.05, 0.1) is 5.02 Å². The van der Waals surface area contributed by atoms with E-state index in [4.69, 9.17) is 27.9 Å². The molecule has 0 saturated heterocycles.